The van der Waals surface area contributed by atoms with Gasteiger partial charge in [0.05, 0.1) is 6.54 Å². The van der Waals surface area contributed by atoms with Crippen LogP contribution in [-0.4, -0.2) is 50.6 Å². The number of nitrogens with zero attached hydrogens (tertiary/aromatic N) is 4. The molecule has 1 N–H and O–H groups in total. The molecule has 3 aliphatic heterocycles. The molecule has 2 aromatic rings. The van der Waals surface area contributed by atoms with Crippen molar-refractivity contribution in [1.82, 2.24) is 25.0 Å². The van der Waals surface area contributed by atoms with Gasteiger partial charge in [-0.1, -0.05) is 26.0 Å². The van der Waals surface area contributed by atoms with Crippen LogP contribution in [-0.2, 0) is 13.0 Å². The van der Waals surface area contributed by atoms with E-state index in [-0.39, 0.29) is 12.1 Å². The van der Waals surface area contributed by atoms with Crippen molar-refractivity contribution >= 4 is 6.03 Å². The molecular weight excluding hydrogens is 358 g/mol. The molecule has 5 rings (SSSR count). The highest BCUT2D eigenvalue weighted by Gasteiger charge is 2.48. The average molecular weight is 383 g/mol. The number of carbonyl (C=O) groups excluding carboxylic acids is 1. The lowest BCUT2D eigenvalue weighted by Crippen LogP contribution is -2.49. The third-order valence-corrected chi connectivity index (χ3v) is 5.74. The first kappa shape index (κ1) is 17.3. The second kappa shape index (κ2) is 6.39. The maximum absolute atomic E-state index is 12.9. The minimum atomic E-state index is -0.750. The van der Waals surface area contributed by atoms with Crippen LogP contribution in [0.3, 0.4) is 0 Å². The third-order valence-electron chi connectivity index (χ3n) is 5.74. The van der Waals surface area contributed by atoms with Gasteiger partial charge >= 0.3 is 6.03 Å². The number of carbonyl (C=O) groups is 1. The molecule has 0 radical (unpaired) electrons. The van der Waals surface area contributed by atoms with Gasteiger partial charge in [-0.2, -0.15) is 0 Å². The summed E-state index contributed by atoms with van der Waals surface area (Å²) in [5.74, 6) is 3.06. The first-order valence-electron chi connectivity index (χ1n) is 9.97. The van der Waals surface area contributed by atoms with E-state index in [0.29, 0.717) is 25.4 Å². The number of aryl methyl sites for hydroxylation is 1. The maximum Gasteiger partial charge on any atom is 0.317 e. The van der Waals surface area contributed by atoms with Crippen molar-refractivity contribution in [2.45, 2.75) is 57.4 Å². The molecule has 28 heavy (non-hydrogen) atoms. The van der Waals surface area contributed by atoms with Gasteiger partial charge in [0.15, 0.2) is 11.5 Å². The van der Waals surface area contributed by atoms with Gasteiger partial charge in [-0.05, 0) is 18.6 Å². The van der Waals surface area contributed by atoms with E-state index >= 15 is 0 Å². The van der Waals surface area contributed by atoms with Crippen LogP contribution in [0.2, 0.25) is 0 Å². The Hall–Kier alpha value is -2.77. The monoisotopic (exact) mass is 383 g/mol. The first-order valence-corrected chi connectivity index (χ1v) is 9.97. The summed E-state index contributed by atoms with van der Waals surface area (Å²) in [6.45, 7) is 5.99. The summed E-state index contributed by atoms with van der Waals surface area (Å²) >= 11 is 0. The summed E-state index contributed by atoms with van der Waals surface area (Å²) in [5.41, 5.74) is 0. The summed E-state index contributed by atoms with van der Waals surface area (Å²) in [7, 11) is 0. The van der Waals surface area contributed by atoms with Crippen LogP contribution in [0.1, 0.15) is 44.3 Å². The van der Waals surface area contributed by atoms with Gasteiger partial charge in [-0.3, -0.25) is 0 Å². The van der Waals surface area contributed by atoms with Gasteiger partial charge < -0.3 is 24.3 Å². The number of hydrogen-bond acceptors (Lipinski definition) is 5. The molecule has 2 amide bonds. The highest BCUT2D eigenvalue weighted by atomic mass is 16.7. The fraction of sp³-hybridized carbons (Fsp3) is 0.550. The van der Waals surface area contributed by atoms with E-state index in [2.05, 4.69) is 33.9 Å². The predicted molar refractivity (Wildman–Crippen MR) is 101 cm³/mol. The van der Waals surface area contributed by atoms with Crippen molar-refractivity contribution in [2.75, 3.05) is 13.1 Å². The molecule has 8 heteroatoms. The summed E-state index contributed by atoms with van der Waals surface area (Å²) in [6, 6.07) is 7.67. The number of para-hydroxylation sites is 2. The summed E-state index contributed by atoms with van der Waals surface area (Å²) < 4.78 is 14.2. The van der Waals surface area contributed by atoms with Gasteiger partial charge in [-0.25, -0.2) is 4.79 Å². The number of urea groups is 1. The van der Waals surface area contributed by atoms with E-state index < -0.39 is 5.79 Å². The number of amides is 2. The molecule has 1 aromatic heterocycles. The van der Waals surface area contributed by atoms with Crippen LogP contribution >= 0.6 is 0 Å². The summed E-state index contributed by atoms with van der Waals surface area (Å²) in [6.07, 6.45) is 2.36. The summed E-state index contributed by atoms with van der Waals surface area (Å²) in [5, 5.41) is 11.8. The largest absolute Gasteiger partial charge is 0.447 e. The highest BCUT2D eigenvalue weighted by Crippen LogP contribution is 2.42. The number of fused-ring (bicyclic) bond motifs is 2. The molecule has 0 saturated carbocycles. The van der Waals surface area contributed by atoms with Gasteiger partial charge in [0.2, 0.25) is 0 Å². The minimum absolute atomic E-state index is 0.0624. The van der Waals surface area contributed by atoms with E-state index in [1.807, 2.05) is 24.3 Å². The Bertz CT molecular complexity index is 884. The summed E-state index contributed by atoms with van der Waals surface area (Å²) in [4.78, 5) is 14.6. The van der Waals surface area contributed by atoms with Crippen LogP contribution in [0.5, 0.6) is 11.5 Å². The lowest BCUT2D eigenvalue weighted by molar-refractivity contribution is -0.0650. The Morgan fingerprint density at radius 2 is 2.00 bits per heavy atom. The normalized spacial score (nSPS) is 22.0. The van der Waals surface area contributed by atoms with E-state index in [9.17, 15) is 4.79 Å². The quantitative estimate of drug-likeness (QED) is 0.861. The Kier molecular flexibility index (Phi) is 3.96. The van der Waals surface area contributed by atoms with E-state index in [0.717, 1.165) is 42.5 Å². The molecule has 0 aliphatic carbocycles. The molecular formula is C20H25N5O3. The first-order chi connectivity index (χ1) is 13.5. The van der Waals surface area contributed by atoms with E-state index in [4.69, 9.17) is 9.47 Å². The number of likely N-dealkylation sites (tertiary alicyclic amines) is 1. The van der Waals surface area contributed by atoms with Crippen molar-refractivity contribution in [3.8, 4) is 11.5 Å². The van der Waals surface area contributed by atoms with Crippen molar-refractivity contribution in [3.05, 3.63) is 35.9 Å². The second-order valence-electron chi connectivity index (χ2n) is 8.16. The van der Waals surface area contributed by atoms with Crippen LogP contribution < -0.4 is 14.8 Å². The molecule has 0 bridgehead atoms. The van der Waals surface area contributed by atoms with E-state index in [1.54, 1.807) is 4.90 Å². The zero-order valence-corrected chi connectivity index (χ0v) is 16.2. The molecule has 1 fully saturated rings. The predicted octanol–water partition coefficient (Wildman–Crippen LogP) is 2.30. The van der Waals surface area contributed by atoms with Crippen molar-refractivity contribution in [1.29, 1.82) is 0 Å². The standard InChI is InChI=1S/C20H25N5O3/c1-13(2)18-23-22-17-8-7-14(11-25(17)18)21-19(26)24-10-9-20(12-24)27-15-5-3-4-6-16(15)28-20/h3-6,13-14H,7-12H2,1-2H3,(H,21,26). The Balaban J connectivity index is 1.22. The molecule has 4 heterocycles. The maximum atomic E-state index is 12.9. The van der Waals surface area contributed by atoms with Crippen LogP contribution in [0.25, 0.3) is 0 Å². The SMILES string of the molecule is CC(C)c1nnc2n1CC(NC(=O)N1CCC3(C1)Oc1ccccc1O3)CC2. The van der Waals surface area contributed by atoms with Gasteiger partial charge in [0, 0.05) is 37.9 Å². The molecule has 1 spiro atoms. The molecule has 1 unspecified atom stereocenters. The third kappa shape index (κ3) is 2.87. The Morgan fingerprint density at radius 1 is 1.25 bits per heavy atom. The van der Waals surface area contributed by atoms with Crippen LogP contribution in [0.4, 0.5) is 4.79 Å². The number of hydrogen-bond donors (Lipinski definition) is 1. The van der Waals surface area contributed by atoms with Gasteiger partial charge in [-0.15, -0.1) is 10.2 Å². The Morgan fingerprint density at radius 3 is 2.71 bits per heavy atom. The topological polar surface area (TPSA) is 81.5 Å². The fourth-order valence-electron chi connectivity index (χ4n) is 4.29. The average Bonchev–Trinajstić information content (AvgIpc) is 3.37. The van der Waals surface area contributed by atoms with E-state index in [1.165, 1.54) is 0 Å². The lowest BCUT2D eigenvalue weighted by atomic mass is 10.1. The van der Waals surface area contributed by atoms with Crippen LogP contribution in [0, 0.1) is 0 Å². The minimum Gasteiger partial charge on any atom is -0.447 e. The zero-order chi connectivity index (χ0) is 19.3. The number of benzene rings is 1. The number of ether oxygens (including phenoxy) is 2. The van der Waals surface area contributed by atoms with Crippen LogP contribution in [0.15, 0.2) is 24.3 Å². The zero-order valence-electron chi connectivity index (χ0n) is 16.2. The Labute approximate surface area is 163 Å². The number of nitrogens with one attached hydrogen (secondary N) is 1. The second-order valence-corrected chi connectivity index (χ2v) is 8.16. The van der Waals surface area contributed by atoms with Crippen molar-refractivity contribution in [2.24, 2.45) is 0 Å². The number of rotatable bonds is 2. The smallest absolute Gasteiger partial charge is 0.317 e. The molecule has 1 aromatic carbocycles. The van der Waals surface area contributed by atoms with Crippen molar-refractivity contribution in [3.63, 3.8) is 0 Å². The van der Waals surface area contributed by atoms with Gasteiger partial charge in [0.1, 0.15) is 11.6 Å². The lowest BCUT2D eigenvalue weighted by Gasteiger charge is -2.28. The molecule has 1 atom stereocenters. The molecule has 1 saturated heterocycles. The molecule has 148 valence electrons. The van der Waals surface area contributed by atoms with Gasteiger partial charge in [0.25, 0.3) is 5.79 Å². The molecule has 3 aliphatic rings. The highest BCUT2D eigenvalue weighted by molar-refractivity contribution is 5.75. The van der Waals surface area contributed by atoms with Crippen molar-refractivity contribution < 1.29 is 14.3 Å². The molecule has 8 nitrogen and oxygen atoms in total. The fourth-order valence-corrected chi connectivity index (χ4v) is 4.29. The number of aromatic nitrogens is 3.